The van der Waals surface area contributed by atoms with Gasteiger partial charge in [-0.3, -0.25) is 15.1 Å². The quantitative estimate of drug-likeness (QED) is 0.286. The highest BCUT2D eigenvalue weighted by atomic mass is 19.3. The molecule has 2 aliphatic heterocycles. The van der Waals surface area contributed by atoms with E-state index in [4.69, 9.17) is 10.8 Å². The van der Waals surface area contributed by atoms with Crippen molar-refractivity contribution in [2.24, 2.45) is 11.8 Å². The first-order chi connectivity index (χ1) is 18.4. The number of carboxylic acids is 1. The smallest absolute Gasteiger partial charge is 0.320 e. The third kappa shape index (κ3) is 10.2. The van der Waals surface area contributed by atoms with Gasteiger partial charge in [0.25, 0.3) is 5.92 Å². The molecule has 0 bridgehead atoms. The number of hydrogen-bond acceptors (Lipinski definition) is 5. The SMILES string of the molecule is CC(=N)/C=C\C(=N)C(F)(F)CCC1CCN(C)CC1.O=C(O)[C@@H](CC1CC1)N1CC[C@@H](c2cccc(F)c2)C1. The van der Waals surface area contributed by atoms with Crippen molar-refractivity contribution in [3.63, 3.8) is 0 Å². The summed E-state index contributed by atoms with van der Waals surface area (Å²) in [5, 5.41) is 23.9. The largest absolute Gasteiger partial charge is 0.480 e. The number of aliphatic carboxylic acids is 1. The number of nitrogens with one attached hydrogen (secondary N) is 2. The molecule has 3 fully saturated rings. The molecule has 39 heavy (non-hydrogen) atoms. The van der Waals surface area contributed by atoms with Gasteiger partial charge in [0.15, 0.2) is 0 Å². The van der Waals surface area contributed by atoms with Gasteiger partial charge in [0.1, 0.15) is 17.6 Å². The van der Waals surface area contributed by atoms with Crippen molar-refractivity contribution in [3.05, 3.63) is 47.8 Å². The average molecular weight is 549 g/mol. The molecular weight excluding hydrogens is 505 g/mol. The summed E-state index contributed by atoms with van der Waals surface area (Å²) >= 11 is 0. The van der Waals surface area contributed by atoms with Crippen LogP contribution < -0.4 is 0 Å². The Labute approximate surface area is 230 Å². The highest BCUT2D eigenvalue weighted by molar-refractivity contribution is 6.03. The second-order valence-corrected chi connectivity index (χ2v) is 11.5. The molecule has 2 saturated heterocycles. The molecule has 1 saturated carbocycles. The van der Waals surface area contributed by atoms with Crippen molar-refractivity contribution in [2.45, 2.75) is 76.2 Å². The van der Waals surface area contributed by atoms with Crippen molar-refractivity contribution in [3.8, 4) is 0 Å². The van der Waals surface area contributed by atoms with Gasteiger partial charge in [-0.1, -0.05) is 25.0 Å². The van der Waals surface area contributed by atoms with E-state index in [0.717, 1.165) is 63.5 Å². The zero-order valence-electron chi connectivity index (χ0n) is 23.1. The van der Waals surface area contributed by atoms with E-state index in [1.807, 2.05) is 13.1 Å². The Morgan fingerprint density at radius 2 is 1.79 bits per heavy atom. The van der Waals surface area contributed by atoms with Gasteiger partial charge < -0.3 is 15.4 Å². The molecule has 0 radical (unpaired) electrons. The number of hydrogen-bond donors (Lipinski definition) is 3. The van der Waals surface area contributed by atoms with Crippen LogP contribution >= 0.6 is 0 Å². The van der Waals surface area contributed by atoms with Gasteiger partial charge >= 0.3 is 5.97 Å². The summed E-state index contributed by atoms with van der Waals surface area (Å²) in [7, 11) is 2.05. The lowest BCUT2D eigenvalue weighted by Gasteiger charge is -2.29. The Hall–Kier alpha value is -2.52. The monoisotopic (exact) mass is 548 g/mol. The molecule has 0 spiro atoms. The van der Waals surface area contributed by atoms with Crippen LogP contribution in [0.1, 0.15) is 69.8 Å². The molecule has 2 heterocycles. The molecule has 1 aromatic rings. The Kier molecular flexibility index (Phi) is 11.3. The molecule has 2 atom stereocenters. The summed E-state index contributed by atoms with van der Waals surface area (Å²) in [6.45, 7) is 4.97. The minimum absolute atomic E-state index is 0.177. The summed E-state index contributed by atoms with van der Waals surface area (Å²) in [6.07, 6.45) is 8.45. The Morgan fingerprint density at radius 3 is 2.38 bits per heavy atom. The Bertz CT molecular complexity index is 1020. The number of allylic oxidation sites excluding steroid dienone is 2. The maximum Gasteiger partial charge on any atom is 0.320 e. The first-order valence-corrected chi connectivity index (χ1v) is 14.1. The summed E-state index contributed by atoms with van der Waals surface area (Å²) in [5.41, 5.74) is 0.478. The topological polar surface area (TPSA) is 91.5 Å². The van der Waals surface area contributed by atoms with Crippen molar-refractivity contribution >= 4 is 17.4 Å². The summed E-state index contributed by atoms with van der Waals surface area (Å²) in [5.74, 6) is -2.79. The van der Waals surface area contributed by atoms with Crippen LogP contribution in [-0.2, 0) is 4.79 Å². The molecule has 216 valence electrons. The lowest BCUT2D eigenvalue weighted by molar-refractivity contribution is -0.143. The van der Waals surface area contributed by atoms with Gasteiger partial charge in [-0.05, 0) is 113 Å². The molecule has 4 rings (SSSR count). The molecule has 0 aromatic heterocycles. The third-order valence-corrected chi connectivity index (χ3v) is 8.12. The molecule has 0 amide bonds. The fraction of sp³-hybridized carbons (Fsp3) is 0.633. The highest BCUT2D eigenvalue weighted by Crippen LogP contribution is 2.37. The fourth-order valence-corrected chi connectivity index (χ4v) is 5.38. The maximum absolute atomic E-state index is 13.7. The van der Waals surface area contributed by atoms with Crippen molar-refractivity contribution in [2.75, 3.05) is 33.2 Å². The first kappa shape index (κ1) is 31.0. The van der Waals surface area contributed by atoms with Crippen LogP contribution in [0.2, 0.25) is 0 Å². The van der Waals surface area contributed by atoms with E-state index in [9.17, 15) is 23.1 Å². The molecule has 0 unspecified atom stereocenters. The van der Waals surface area contributed by atoms with Crippen LogP contribution in [0.5, 0.6) is 0 Å². The number of alkyl halides is 2. The molecular formula is C30H43F3N4O2. The fourth-order valence-electron chi connectivity index (χ4n) is 5.38. The van der Waals surface area contributed by atoms with E-state index < -0.39 is 17.6 Å². The van der Waals surface area contributed by atoms with E-state index in [1.165, 1.54) is 31.9 Å². The van der Waals surface area contributed by atoms with Crippen LogP contribution in [0.25, 0.3) is 0 Å². The zero-order valence-corrected chi connectivity index (χ0v) is 23.1. The first-order valence-electron chi connectivity index (χ1n) is 14.1. The van der Waals surface area contributed by atoms with Gasteiger partial charge in [0.2, 0.25) is 0 Å². The average Bonchev–Trinajstić information content (AvgIpc) is 3.59. The van der Waals surface area contributed by atoms with Crippen molar-refractivity contribution < 1.29 is 23.1 Å². The lowest BCUT2D eigenvalue weighted by atomic mass is 9.90. The van der Waals surface area contributed by atoms with Gasteiger partial charge in [-0.25, -0.2) is 4.39 Å². The number of carboxylic acid groups (broad SMARTS) is 1. The van der Waals surface area contributed by atoms with E-state index >= 15 is 0 Å². The molecule has 1 aromatic carbocycles. The Balaban J connectivity index is 0.000000216. The zero-order chi connectivity index (χ0) is 28.6. The van der Waals surface area contributed by atoms with Gasteiger partial charge in [-0.15, -0.1) is 0 Å². The van der Waals surface area contributed by atoms with Gasteiger partial charge in [-0.2, -0.15) is 8.78 Å². The van der Waals surface area contributed by atoms with E-state index in [2.05, 4.69) is 9.80 Å². The Morgan fingerprint density at radius 1 is 1.10 bits per heavy atom. The van der Waals surface area contributed by atoms with Crippen molar-refractivity contribution in [1.82, 2.24) is 9.80 Å². The molecule has 1 aliphatic carbocycles. The number of piperidine rings is 1. The number of halogens is 3. The summed E-state index contributed by atoms with van der Waals surface area (Å²) < 4.78 is 40.8. The second-order valence-electron chi connectivity index (χ2n) is 11.5. The number of benzene rings is 1. The van der Waals surface area contributed by atoms with E-state index in [-0.39, 0.29) is 29.9 Å². The van der Waals surface area contributed by atoms with Crippen molar-refractivity contribution in [1.29, 1.82) is 10.8 Å². The number of nitrogens with zero attached hydrogens (tertiary/aromatic N) is 2. The summed E-state index contributed by atoms with van der Waals surface area (Å²) in [4.78, 5) is 15.7. The van der Waals surface area contributed by atoms with Crippen LogP contribution in [0, 0.1) is 28.5 Å². The summed E-state index contributed by atoms with van der Waals surface area (Å²) in [6, 6.07) is 6.33. The van der Waals surface area contributed by atoms with E-state index in [0.29, 0.717) is 18.3 Å². The van der Waals surface area contributed by atoms with Gasteiger partial charge in [0, 0.05) is 18.7 Å². The standard InChI is InChI=1S/C16H20FNO2.C14H23F2N3/c17-14-3-1-2-12(9-14)13-6-7-18(10-13)15(16(19)20)8-11-4-5-11;1-11(17)3-4-13(18)14(15,16)8-5-12-6-9-19(2)10-7-12/h1-3,9,11,13,15H,4-8,10H2,(H,19,20);3-4,12,17-18H,5-10H2,1-2H3/b;4-3-,17-11?,18-13?/t13-,15-;/m1./s1. The third-order valence-electron chi connectivity index (χ3n) is 8.12. The normalized spacial score (nSPS) is 21.9. The number of likely N-dealkylation sites (tertiary alicyclic amines) is 2. The lowest BCUT2D eigenvalue weighted by Crippen LogP contribution is -2.40. The van der Waals surface area contributed by atoms with Crippen LogP contribution in [0.15, 0.2) is 36.4 Å². The predicted octanol–water partition coefficient (Wildman–Crippen LogP) is 6.23. The molecule has 3 aliphatic rings. The van der Waals surface area contributed by atoms with Crippen LogP contribution in [0.4, 0.5) is 13.2 Å². The predicted molar refractivity (Wildman–Crippen MR) is 149 cm³/mol. The molecule has 9 heteroatoms. The molecule has 6 nitrogen and oxygen atoms in total. The van der Waals surface area contributed by atoms with Crippen LogP contribution in [-0.4, -0.2) is 77.5 Å². The maximum atomic E-state index is 13.7. The number of carbonyl (C=O) groups is 1. The molecule has 3 N–H and O–H groups in total. The minimum Gasteiger partial charge on any atom is -0.480 e. The van der Waals surface area contributed by atoms with Gasteiger partial charge in [0.05, 0.1) is 0 Å². The van der Waals surface area contributed by atoms with E-state index in [1.54, 1.807) is 12.1 Å². The highest BCUT2D eigenvalue weighted by Gasteiger charge is 2.37. The minimum atomic E-state index is -3.07. The van der Waals surface area contributed by atoms with Crippen LogP contribution in [0.3, 0.4) is 0 Å². The number of rotatable bonds is 11. The second kappa shape index (κ2) is 14.2.